The van der Waals surface area contributed by atoms with Crippen LogP contribution in [0.5, 0.6) is 0 Å². The average molecular weight is 234 g/mol. The van der Waals surface area contributed by atoms with Crippen LogP contribution in [-0.2, 0) is 4.79 Å². The van der Waals surface area contributed by atoms with Crippen molar-refractivity contribution in [2.75, 3.05) is 0 Å². The second-order valence-corrected chi connectivity index (χ2v) is 6.71. The minimum atomic E-state index is -0.676. The molecule has 94 valence electrons. The summed E-state index contributed by atoms with van der Waals surface area (Å²) in [5, 5.41) is 9.36. The highest BCUT2D eigenvalue weighted by atomic mass is 16.4. The summed E-state index contributed by atoms with van der Waals surface area (Å²) in [5.74, 6) is 0.420. The van der Waals surface area contributed by atoms with Crippen LogP contribution in [0, 0.1) is 22.7 Å². The molecule has 1 spiro atoms. The van der Waals surface area contributed by atoms with E-state index >= 15 is 0 Å². The molecule has 1 N–H and O–H groups in total. The van der Waals surface area contributed by atoms with E-state index in [0.717, 1.165) is 24.3 Å². The molecule has 0 aromatic rings. The molecule has 2 heteroatoms. The number of carbonyl (C=O) groups is 1. The van der Waals surface area contributed by atoms with Gasteiger partial charge in [0.25, 0.3) is 0 Å². The first-order chi connectivity index (χ1) is 7.98. The van der Waals surface area contributed by atoms with Gasteiger partial charge < -0.3 is 5.11 Å². The number of aliphatic carboxylic acids is 1. The summed E-state index contributed by atoms with van der Waals surface area (Å²) in [6.45, 7) is 4.70. The quantitative estimate of drug-likeness (QED) is 0.752. The third-order valence-corrected chi connectivity index (χ3v) is 6.12. The van der Waals surface area contributed by atoms with Crippen molar-refractivity contribution in [1.82, 2.24) is 0 Å². The third kappa shape index (κ3) is 1.30. The van der Waals surface area contributed by atoms with Gasteiger partial charge in [0.2, 0.25) is 0 Å². The van der Waals surface area contributed by atoms with Gasteiger partial charge in [0.15, 0.2) is 0 Å². The van der Waals surface area contributed by atoms with Gasteiger partial charge in [-0.2, -0.15) is 0 Å². The SMILES string of the molecule is C[C@H]1CCC[C@@]2(C)C=C(C(=O)O)[C@H]3CC[C@@]12C3. The van der Waals surface area contributed by atoms with Crippen molar-refractivity contribution in [1.29, 1.82) is 0 Å². The fraction of sp³-hybridized carbons (Fsp3) is 0.800. The van der Waals surface area contributed by atoms with E-state index in [2.05, 4.69) is 19.9 Å². The van der Waals surface area contributed by atoms with Gasteiger partial charge in [0, 0.05) is 5.57 Å². The van der Waals surface area contributed by atoms with E-state index in [9.17, 15) is 9.90 Å². The number of fused-ring (bicyclic) bond motifs is 1. The predicted octanol–water partition coefficient (Wildman–Crippen LogP) is 3.62. The van der Waals surface area contributed by atoms with Gasteiger partial charge >= 0.3 is 5.97 Å². The minimum absolute atomic E-state index is 0.144. The van der Waals surface area contributed by atoms with Crippen molar-refractivity contribution < 1.29 is 9.90 Å². The maximum Gasteiger partial charge on any atom is 0.331 e. The van der Waals surface area contributed by atoms with E-state index in [1.165, 1.54) is 25.7 Å². The first-order valence-electron chi connectivity index (χ1n) is 6.95. The van der Waals surface area contributed by atoms with Crippen molar-refractivity contribution >= 4 is 5.97 Å². The molecule has 2 bridgehead atoms. The maximum absolute atomic E-state index is 11.4. The lowest BCUT2D eigenvalue weighted by molar-refractivity contribution is -0.134. The van der Waals surface area contributed by atoms with Gasteiger partial charge in [-0.15, -0.1) is 0 Å². The molecule has 0 aliphatic heterocycles. The number of rotatable bonds is 1. The lowest BCUT2D eigenvalue weighted by Gasteiger charge is -2.55. The summed E-state index contributed by atoms with van der Waals surface area (Å²) >= 11 is 0. The zero-order valence-corrected chi connectivity index (χ0v) is 10.8. The molecule has 0 radical (unpaired) electrons. The lowest BCUT2D eigenvalue weighted by atomic mass is 9.49. The maximum atomic E-state index is 11.4. The predicted molar refractivity (Wildman–Crippen MR) is 66.6 cm³/mol. The normalized spacial score (nSPS) is 48.5. The molecular formula is C15H22O2. The Morgan fingerprint density at radius 2 is 2.18 bits per heavy atom. The monoisotopic (exact) mass is 234 g/mol. The van der Waals surface area contributed by atoms with Crippen LogP contribution >= 0.6 is 0 Å². The van der Waals surface area contributed by atoms with Crippen molar-refractivity contribution in [2.45, 2.75) is 52.4 Å². The van der Waals surface area contributed by atoms with Gasteiger partial charge in [-0.1, -0.05) is 32.8 Å². The molecule has 2 fully saturated rings. The van der Waals surface area contributed by atoms with Gasteiger partial charge in [-0.3, -0.25) is 0 Å². The van der Waals surface area contributed by atoms with Crippen molar-refractivity contribution in [3.8, 4) is 0 Å². The van der Waals surface area contributed by atoms with E-state index in [1.807, 2.05) is 0 Å². The summed E-state index contributed by atoms with van der Waals surface area (Å²) in [6, 6.07) is 0. The molecule has 17 heavy (non-hydrogen) atoms. The fourth-order valence-electron chi connectivity index (χ4n) is 5.08. The Balaban J connectivity index is 2.10. The first kappa shape index (κ1) is 11.3. The molecule has 2 saturated carbocycles. The zero-order chi connectivity index (χ0) is 12.3. The lowest BCUT2D eigenvalue weighted by Crippen LogP contribution is -2.47. The number of carboxylic acids is 1. The van der Waals surface area contributed by atoms with Crippen LogP contribution in [0.4, 0.5) is 0 Å². The molecule has 3 aliphatic carbocycles. The molecule has 0 saturated heterocycles. The molecule has 0 amide bonds. The van der Waals surface area contributed by atoms with Gasteiger partial charge in [-0.05, 0) is 48.3 Å². The average Bonchev–Trinajstić information content (AvgIpc) is 2.65. The minimum Gasteiger partial charge on any atom is -0.478 e. The van der Waals surface area contributed by atoms with Crippen LogP contribution in [0.1, 0.15) is 52.4 Å². The molecule has 0 aromatic heterocycles. The number of hydrogen-bond acceptors (Lipinski definition) is 1. The highest BCUT2D eigenvalue weighted by molar-refractivity contribution is 5.87. The van der Waals surface area contributed by atoms with E-state index in [0.29, 0.717) is 11.3 Å². The van der Waals surface area contributed by atoms with Crippen molar-refractivity contribution in [3.05, 3.63) is 11.6 Å². The summed E-state index contributed by atoms with van der Waals surface area (Å²) in [6.07, 6.45) is 9.38. The highest BCUT2D eigenvalue weighted by Gasteiger charge is 2.59. The van der Waals surface area contributed by atoms with Gasteiger partial charge in [-0.25, -0.2) is 4.79 Å². The number of allylic oxidation sites excluding steroid dienone is 1. The Kier molecular flexibility index (Phi) is 2.24. The Hall–Kier alpha value is -0.790. The van der Waals surface area contributed by atoms with E-state index in [-0.39, 0.29) is 5.41 Å². The van der Waals surface area contributed by atoms with Crippen LogP contribution in [0.2, 0.25) is 0 Å². The topological polar surface area (TPSA) is 37.3 Å². The Bertz CT molecular complexity index is 398. The Labute approximate surface area is 103 Å². The van der Waals surface area contributed by atoms with Crippen LogP contribution in [0.25, 0.3) is 0 Å². The van der Waals surface area contributed by atoms with Crippen molar-refractivity contribution in [2.24, 2.45) is 22.7 Å². The largest absolute Gasteiger partial charge is 0.478 e. The van der Waals surface area contributed by atoms with Crippen LogP contribution < -0.4 is 0 Å². The second kappa shape index (κ2) is 3.37. The Morgan fingerprint density at radius 3 is 2.88 bits per heavy atom. The summed E-state index contributed by atoms with van der Waals surface area (Å²) < 4.78 is 0. The molecule has 4 atom stereocenters. The number of hydrogen-bond donors (Lipinski definition) is 1. The fourth-order valence-corrected chi connectivity index (χ4v) is 5.08. The molecule has 0 heterocycles. The zero-order valence-electron chi connectivity index (χ0n) is 10.8. The standard InChI is InChI=1S/C15H22O2/c1-10-4-3-6-14(2)9-12(13(16)17)11-5-7-15(10,14)8-11/h9-11H,3-8H2,1-2H3,(H,16,17)/t10-,11-,14-,15+/m0/s1. The summed E-state index contributed by atoms with van der Waals surface area (Å²) in [7, 11) is 0. The van der Waals surface area contributed by atoms with Gasteiger partial charge in [0.1, 0.15) is 0 Å². The van der Waals surface area contributed by atoms with E-state index < -0.39 is 5.97 Å². The van der Waals surface area contributed by atoms with Gasteiger partial charge in [0.05, 0.1) is 0 Å². The molecule has 3 aliphatic rings. The second-order valence-electron chi connectivity index (χ2n) is 6.71. The van der Waals surface area contributed by atoms with Crippen molar-refractivity contribution in [3.63, 3.8) is 0 Å². The molecular weight excluding hydrogens is 212 g/mol. The van der Waals surface area contributed by atoms with Crippen LogP contribution in [0.3, 0.4) is 0 Å². The summed E-state index contributed by atoms with van der Waals surface area (Å²) in [5.41, 5.74) is 1.27. The third-order valence-electron chi connectivity index (χ3n) is 6.12. The molecule has 2 nitrogen and oxygen atoms in total. The summed E-state index contributed by atoms with van der Waals surface area (Å²) in [4.78, 5) is 11.4. The van der Waals surface area contributed by atoms with E-state index in [1.54, 1.807) is 0 Å². The van der Waals surface area contributed by atoms with Crippen LogP contribution in [0.15, 0.2) is 11.6 Å². The molecule has 0 unspecified atom stereocenters. The smallest absolute Gasteiger partial charge is 0.331 e. The van der Waals surface area contributed by atoms with E-state index in [4.69, 9.17) is 0 Å². The highest BCUT2D eigenvalue weighted by Crippen LogP contribution is 2.67. The number of carboxylic acid groups (broad SMARTS) is 1. The molecule has 0 aromatic carbocycles. The Morgan fingerprint density at radius 1 is 1.41 bits per heavy atom. The first-order valence-corrected chi connectivity index (χ1v) is 6.95. The molecule has 3 rings (SSSR count). The van der Waals surface area contributed by atoms with Crippen LogP contribution in [-0.4, -0.2) is 11.1 Å².